The van der Waals surface area contributed by atoms with Gasteiger partial charge in [-0.05, 0) is 26.2 Å². The first-order chi connectivity index (χ1) is 8.02. The molecular formula is C13H24N2OS. The van der Waals surface area contributed by atoms with E-state index in [2.05, 4.69) is 38.0 Å². The quantitative estimate of drug-likeness (QED) is 0.726. The second-order valence-electron chi connectivity index (χ2n) is 5.18. The van der Waals surface area contributed by atoms with Crippen molar-refractivity contribution < 1.29 is 4.74 Å². The first-order valence-corrected chi connectivity index (χ1v) is 7.13. The minimum atomic E-state index is -0.0599. The van der Waals surface area contributed by atoms with Crippen molar-refractivity contribution in [2.75, 3.05) is 19.8 Å². The molecule has 0 aliphatic carbocycles. The molecule has 0 saturated carbocycles. The van der Waals surface area contributed by atoms with Crippen molar-refractivity contribution in [3.05, 3.63) is 16.6 Å². The van der Waals surface area contributed by atoms with E-state index in [1.165, 1.54) is 0 Å². The van der Waals surface area contributed by atoms with Crippen LogP contribution in [0.25, 0.3) is 0 Å². The number of aromatic nitrogens is 1. The van der Waals surface area contributed by atoms with Gasteiger partial charge in [0.25, 0.3) is 0 Å². The van der Waals surface area contributed by atoms with Crippen LogP contribution in [0.2, 0.25) is 0 Å². The van der Waals surface area contributed by atoms with Gasteiger partial charge in [0, 0.05) is 24.7 Å². The van der Waals surface area contributed by atoms with Crippen LogP contribution in [0.4, 0.5) is 0 Å². The lowest BCUT2D eigenvalue weighted by Crippen LogP contribution is -2.38. The second kappa shape index (κ2) is 7.09. The van der Waals surface area contributed by atoms with E-state index >= 15 is 0 Å². The van der Waals surface area contributed by atoms with Crippen LogP contribution in [0, 0.1) is 5.92 Å². The summed E-state index contributed by atoms with van der Waals surface area (Å²) in [7, 11) is 0. The number of thiazole rings is 1. The van der Waals surface area contributed by atoms with Gasteiger partial charge in [-0.2, -0.15) is 0 Å². The Hall–Kier alpha value is -0.450. The largest absolute Gasteiger partial charge is 0.380 e. The third-order valence-electron chi connectivity index (χ3n) is 2.62. The molecule has 0 unspecified atom stereocenters. The minimum absolute atomic E-state index is 0.0599. The van der Waals surface area contributed by atoms with E-state index in [1.807, 2.05) is 11.6 Å². The predicted octanol–water partition coefficient (Wildman–Crippen LogP) is 3.03. The highest BCUT2D eigenvalue weighted by Crippen LogP contribution is 2.21. The summed E-state index contributed by atoms with van der Waals surface area (Å²) in [6.07, 6.45) is 2.98. The first-order valence-electron chi connectivity index (χ1n) is 6.25. The molecule has 0 atom stereocenters. The van der Waals surface area contributed by atoms with Crippen LogP contribution in [0.5, 0.6) is 0 Å². The number of nitrogens with one attached hydrogen (secondary N) is 1. The summed E-state index contributed by atoms with van der Waals surface area (Å²) >= 11 is 1.69. The van der Waals surface area contributed by atoms with Crippen molar-refractivity contribution in [1.82, 2.24) is 10.3 Å². The molecule has 0 aliphatic rings. The summed E-state index contributed by atoms with van der Waals surface area (Å²) in [4.78, 5) is 4.34. The van der Waals surface area contributed by atoms with E-state index < -0.39 is 0 Å². The highest BCUT2D eigenvalue weighted by Gasteiger charge is 2.21. The molecule has 3 nitrogen and oxygen atoms in total. The van der Waals surface area contributed by atoms with Crippen LogP contribution >= 0.6 is 11.3 Å². The second-order valence-corrected chi connectivity index (χ2v) is 6.08. The lowest BCUT2D eigenvalue weighted by atomic mass is 10.1. The average Bonchev–Trinajstić information content (AvgIpc) is 2.76. The van der Waals surface area contributed by atoms with Crippen LogP contribution < -0.4 is 5.32 Å². The van der Waals surface area contributed by atoms with Crippen LogP contribution in [0.15, 0.2) is 11.6 Å². The smallest absolute Gasteiger partial charge is 0.112 e. The third-order valence-corrected chi connectivity index (χ3v) is 3.72. The SMILES string of the molecule is CC(C)CCOCCNC(C)(C)c1nccs1. The Labute approximate surface area is 109 Å². The molecule has 0 saturated heterocycles. The monoisotopic (exact) mass is 256 g/mol. The lowest BCUT2D eigenvalue weighted by Gasteiger charge is -2.23. The van der Waals surface area contributed by atoms with Crippen LogP contribution in [-0.2, 0) is 10.3 Å². The molecule has 1 rings (SSSR count). The fourth-order valence-electron chi connectivity index (χ4n) is 1.46. The zero-order chi connectivity index (χ0) is 12.7. The molecule has 1 aromatic rings. The molecule has 0 fully saturated rings. The highest BCUT2D eigenvalue weighted by molar-refractivity contribution is 7.09. The van der Waals surface area contributed by atoms with Crippen molar-refractivity contribution in [1.29, 1.82) is 0 Å². The summed E-state index contributed by atoms with van der Waals surface area (Å²) in [5.41, 5.74) is -0.0599. The van der Waals surface area contributed by atoms with E-state index in [4.69, 9.17) is 4.74 Å². The molecule has 1 N–H and O–H groups in total. The molecule has 0 amide bonds. The van der Waals surface area contributed by atoms with Crippen molar-refractivity contribution in [3.63, 3.8) is 0 Å². The molecule has 1 heterocycles. The fraction of sp³-hybridized carbons (Fsp3) is 0.769. The lowest BCUT2D eigenvalue weighted by molar-refractivity contribution is 0.120. The van der Waals surface area contributed by atoms with Crippen molar-refractivity contribution >= 4 is 11.3 Å². The van der Waals surface area contributed by atoms with E-state index in [0.29, 0.717) is 0 Å². The fourth-order valence-corrected chi connectivity index (χ4v) is 2.20. The van der Waals surface area contributed by atoms with Crippen molar-refractivity contribution in [3.8, 4) is 0 Å². The van der Waals surface area contributed by atoms with E-state index in [1.54, 1.807) is 11.3 Å². The number of nitrogens with zero attached hydrogens (tertiary/aromatic N) is 1. The Morgan fingerprint density at radius 2 is 2.18 bits per heavy atom. The zero-order valence-corrected chi connectivity index (χ0v) is 12.1. The molecule has 0 radical (unpaired) electrons. The van der Waals surface area contributed by atoms with Crippen LogP contribution in [0.1, 0.15) is 39.1 Å². The Bertz CT molecular complexity index is 296. The number of hydrogen-bond acceptors (Lipinski definition) is 4. The molecular weight excluding hydrogens is 232 g/mol. The third kappa shape index (κ3) is 5.61. The highest BCUT2D eigenvalue weighted by atomic mass is 32.1. The Kier molecular flexibility index (Phi) is 6.09. The molecule has 4 heteroatoms. The number of hydrogen-bond donors (Lipinski definition) is 1. The van der Waals surface area contributed by atoms with Gasteiger partial charge in [-0.15, -0.1) is 11.3 Å². The van der Waals surface area contributed by atoms with Gasteiger partial charge in [-0.3, -0.25) is 0 Å². The minimum Gasteiger partial charge on any atom is -0.380 e. The molecule has 0 bridgehead atoms. The van der Waals surface area contributed by atoms with Gasteiger partial charge in [0.05, 0.1) is 12.1 Å². The van der Waals surface area contributed by atoms with Crippen LogP contribution in [0.3, 0.4) is 0 Å². The molecule has 98 valence electrons. The van der Waals surface area contributed by atoms with Gasteiger partial charge in [-0.25, -0.2) is 4.98 Å². The maximum atomic E-state index is 5.58. The Balaban J connectivity index is 2.14. The molecule has 17 heavy (non-hydrogen) atoms. The Morgan fingerprint density at radius 3 is 2.76 bits per heavy atom. The standard InChI is InChI=1S/C13H24N2OS/c1-11(2)5-8-16-9-6-15-13(3,4)12-14-7-10-17-12/h7,10-11,15H,5-6,8-9H2,1-4H3. The van der Waals surface area contributed by atoms with Gasteiger partial charge < -0.3 is 10.1 Å². The molecule has 0 aromatic carbocycles. The number of ether oxygens (including phenoxy) is 1. The first kappa shape index (κ1) is 14.6. The average molecular weight is 256 g/mol. The van der Waals surface area contributed by atoms with E-state index in [-0.39, 0.29) is 5.54 Å². The zero-order valence-electron chi connectivity index (χ0n) is 11.3. The molecule has 0 aliphatic heterocycles. The van der Waals surface area contributed by atoms with Crippen molar-refractivity contribution in [2.45, 2.75) is 39.7 Å². The number of rotatable bonds is 8. The van der Waals surface area contributed by atoms with E-state index in [0.717, 1.165) is 37.1 Å². The predicted molar refractivity (Wildman–Crippen MR) is 73.4 cm³/mol. The van der Waals surface area contributed by atoms with Gasteiger partial charge in [-0.1, -0.05) is 13.8 Å². The maximum Gasteiger partial charge on any atom is 0.112 e. The van der Waals surface area contributed by atoms with E-state index in [9.17, 15) is 0 Å². The summed E-state index contributed by atoms with van der Waals surface area (Å²) in [6.45, 7) is 11.2. The summed E-state index contributed by atoms with van der Waals surface area (Å²) in [5.74, 6) is 0.717. The van der Waals surface area contributed by atoms with Gasteiger partial charge in [0.1, 0.15) is 5.01 Å². The topological polar surface area (TPSA) is 34.1 Å². The summed E-state index contributed by atoms with van der Waals surface area (Å²) in [6, 6.07) is 0. The maximum absolute atomic E-state index is 5.58. The van der Waals surface area contributed by atoms with Crippen LogP contribution in [-0.4, -0.2) is 24.7 Å². The van der Waals surface area contributed by atoms with Gasteiger partial charge in [0.2, 0.25) is 0 Å². The van der Waals surface area contributed by atoms with Gasteiger partial charge >= 0.3 is 0 Å². The summed E-state index contributed by atoms with van der Waals surface area (Å²) < 4.78 is 5.58. The molecule has 0 spiro atoms. The van der Waals surface area contributed by atoms with Crippen molar-refractivity contribution in [2.24, 2.45) is 5.92 Å². The normalized spacial score (nSPS) is 12.3. The Morgan fingerprint density at radius 1 is 1.41 bits per heavy atom. The van der Waals surface area contributed by atoms with Gasteiger partial charge in [0.15, 0.2) is 0 Å². The summed E-state index contributed by atoms with van der Waals surface area (Å²) in [5, 5.41) is 6.61. The molecule has 1 aromatic heterocycles.